The first-order chi connectivity index (χ1) is 6.22. The predicted molar refractivity (Wildman–Crippen MR) is 48.1 cm³/mol. The molecule has 1 rings (SSSR count). The second-order valence-corrected chi connectivity index (χ2v) is 3.15. The van der Waals surface area contributed by atoms with Gasteiger partial charge in [-0.3, -0.25) is 4.79 Å². The molecule has 3 N–H and O–H groups in total. The van der Waals surface area contributed by atoms with Crippen LogP contribution in [0.1, 0.15) is 6.42 Å². The van der Waals surface area contributed by atoms with E-state index in [1.165, 1.54) is 0 Å². The summed E-state index contributed by atoms with van der Waals surface area (Å²) in [5.41, 5.74) is 5.97. The van der Waals surface area contributed by atoms with Gasteiger partial charge in [-0.15, -0.1) is 0 Å². The van der Waals surface area contributed by atoms with E-state index in [1.807, 2.05) is 0 Å². The number of hydrogen-bond acceptors (Lipinski definition) is 4. The zero-order valence-electron chi connectivity index (χ0n) is 7.69. The van der Waals surface area contributed by atoms with Gasteiger partial charge in [0.1, 0.15) is 0 Å². The van der Waals surface area contributed by atoms with E-state index in [0.29, 0.717) is 12.0 Å². The quantitative estimate of drug-likeness (QED) is 0.620. The average molecular weight is 185 g/mol. The highest BCUT2D eigenvalue weighted by Crippen LogP contribution is 2.21. The van der Waals surface area contributed by atoms with Crippen LogP contribution in [-0.2, 0) is 9.53 Å². The topological polar surface area (TPSA) is 72.5 Å². The van der Waals surface area contributed by atoms with Crippen LogP contribution in [0.4, 0.5) is 0 Å². The summed E-state index contributed by atoms with van der Waals surface area (Å²) in [6.07, 6.45) is 2.21. The Morgan fingerprint density at radius 1 is 1.77 bits per heavy atom. The van der Waals surface area contributed by atoms with Gasteiger partial charge in [-0.25, -0.2) is 0 Å². The second kappa shape index (κ2) is 4.50. The number of aliphatic hydroxyl groups excluding tert-OH is 1. The first-order valence-electron chi connectivity index (χ1n) is 4.31. The summed E-state index contributed by atoms with van der Waals surface area (Å²) in [6.45, 7) is 0.0885. The van der Waals surface area contributed by atoms with Crippen molar-refractivity contribution in [2.75, 3.05) is 20.3 Å². The molecule has 1 aliphatic rings. The lowest BCUT2D eigenvalue weighted by Crippen LogP contribution is -2.33. The maximum atomic E-state index is 11.5. The molecular formula is C9H15NO3. The molecule has 0 spiro atoms. The second-order valence-electron chi connectivity index (χ2n) is 3.15. The van der Waals surface area contributed by atoms with Gasteiger partial charge in [0.05, 0.1) is 12.7 Å². The molecule has 13 heavy (non-hydrogen) atoms. The highest BCUT2D eigenvalue weighted by Gasteiger charge is 2.28. The van der Waals surface area contributed by atoms with Gasteiger partial charge in [-0.05, 0) is 12.5 Å². The van der Waals surface area contributed by atoms with E-state index in [9.17, 15) is 4.79 Å². The highest BCUT2D eigenvalue weighted by molar-refractivity contribution is 5.98. The molecule has 0 radical (unpaired) electrons. The fourth-order valence-electron chi connectivity index (χ4n) is 1.51. The van der Waals surface area contributed by atoms with E-state index in [1.54, 1.807) is 13.2 Å². The summed E-state index contributed by atoms with van der Waals surface area (Å²) in [4.78, 5) is 11.5. The minimum atomic E-state index is -0.339. The lowest BCUT2D eigenvalue weighted by molar-refractivity contribution is -0.122. The number of carbonyl (C=O) groups excluding carboxylic acids is 1. The smallest absolute Gasteiger partial charge is 0.165 e. The van der Waals surface area contributed by atoms with Gasteiger partial charge in [0.25, 0.3) is 0 Å². The van der Waals surface area contributed by atoms with Crippen molar-refractivity contribution in [1.29, 1.82) is 0 Å². The van der Waals surface area contributed by atoms with E-state index < -0.39 is 0 Å². The van der Waals surface area contributed by atoms with Crippen molar-refractivity contribution in [1.82, 2.24) is 0 Å². The number of aliphatic hydroxyl groups is 1. The van der Waals surface area contributed by atoms with Crippen LogP contribution in [0.3, 0.4) is 0 Å². The van der Waals surface area contributed by atoms with Crippen LogP contribution in [0, 0.1) is 5.92 Å². The Morgan fingerprint density at radius 2 is 2.46 bits per heavy atom. The lowest BCUT2D eigenvalue weighted by Gasteiger charge is -2.24. The predicted octanol–water partition coefficient (Wildman–Crippen LogP) is -0.532. The summed E-state index contributed by atoms with van der Waals surface area (Å²) in [7, 11) is 1.58. The van der Waals surface area contributed by atoms with Crippen LogP contribution in [-0.4, -0.2) is 37.3 Å². The van der Waals surface area contributed by atoms with Gasteiger partial charge < -0.3 is 15.6 Å². The van der Waals surface area contributed by atoms with Gasteiger partial charge in [0.2, 0.25) is 0 Å². The van der Waals surface area contributed by atoms with Crippen LogP contribution >= 0.6 is 0 Å². The Balaban J connectivity index is 2.80. The van der Waals surface area contributed by atoms with Gasteiger partial charge in [0.15, 0.2) is 5.78 Å². The number of Topliss-reactive ketones (excluding diaryl/α,β-unsaturated/α-hetero) is 1. The standard InChI is InChI=1S/C9H15NO3/c1-13-8-2-6(4-10)9(12)7(3-8)5-11/h2,7-8,11H,3-5,10H2,1H3. The van der Waals surface area contributed by atoms with Crippen molar-refractivity contribution in [3.05, 3.63) is 11.6 Å². The SMILES string of the molecule is COC1C=C(CN)C(=O)C(CO)C1. The van der Waals surface area contributed by atoms with Crippen LogP contribution in [0.25, 0.3) is 0 Å². The lowest BCUT2D eigenvalue weighted by atomic mass is 9.86. The summed E-state index contributed by atoms with van der Waals surface area (Å²) in [6, 6.07) is 0. The van der Waals surface area contributed by atoms with E-state index >= 15 is 0 Å². The summed E-state index contributed by atoms with van der Waals surface area (Å²) < 4.78 is 5.11. The van der Waals surface area contributed by atoms with Crippen molar-refractivity contribution in [2.24, 2.45) is 11.7 Å². The first kappa shape index (κ1) is 10.4. The fourth-order valence-corrected chi connectivity index (χ4v) is 1.51. The maximum Gasteiger partial charge on any atom is 0.165 e. The van der Waals surface area contributed by atoms with Crippen LogP contribution in [0.15, 0.2) is 11.6 Å². The van der Waals surface area contributed by atoms with Crippen LogP contribution in [0.5, 0.6) is 0 Å². The van der Waals surface area contributed by atoms with Crippen LogP contribution in [0.2, 0.25) is 0 Å². The largest absolute Gasteiger partial charge is 0.396 e. The summed E-state index contributed by atoms with van der Waals surface area (Å²) in [5, 5.41) is 8.94. The molecule has 4 nitrogen and oxygen atoms in total. The van der Waals surface area contributed by atoms with Gasteiger partial charge in [0, 0.05) is 25.1 Å². The molecule has 0 aromatic carbocycles. The van der Waals surface area contributed by atoms with E-state index in [4.69, 9.17) is 15.6 Å². The molecule has 0 aliphatic heterocycles. The third-order valence-electron chi connectivity index (χ3n) is 2.33. The molecule has 74 valence electrons. The molecular weight excluding hydrogens is 170 g/mol. The molecule has 2 unspecified atom stereocenters. The highest BCUT2D eigenvalue weighted by atomic mass is 16.5. The van der Waals surface area contributed by atoms with Crippen molar-refractivity contribution >= 4 is 5.78 Å². The van der Waals surface area contributed by atoms with E-state index in [0.717, 1.165) is 0 Å². The number of ketones is 1. The molecule has 0 bridgehead atoms. The molecule has 0 fully saturated rings. The van der Waals surface area contributed by atoms with E-state index in [-0.39, 0.29) is 31.0 Å². The van der Waals surface area contributed by atoms with Gasteiger partial charge in [-0.2, -0.15) is 0 Å². The monoisotopic (exact) mass is 185 g/mol. The van der Waals surface area contributed by atoms with Crippen molar-refractivity contribution in [2.45, 2.75) is 12.5 Å². The minimum Gasteiger partial charge on any atom is -0.396 e. The molecule has 0 amide bonds. The van der Waals surface area contributed by atoms with Gasteiger partial charge >= 0.3 is 0 Å². The maximum absolute atomic E-state index is 11.5. The van der Waals surface area contributed by atoms with E-state index in [2.05, 4.69) is 0 Å². The molecule has 1 aliphatic carbocycles. The Hall–Kier alpha value is -0.710. The first-order valence-corrected chi connectivity index (χ1v) is 4.31. The van der Waals surface area contributed by atoms with Gasteiger partial charge in [-0.1, -0.05) is 0 Å². The Labute approximate surface area is 77.4 Å². The molecule has 0 aromatic heterocycles. The number of hydrogen-bond donors (Lipinski definition) is 2. The van der Waals surface area contributed by atoms with Crippen molar-refractivity contribution in [3.8, 4) is 0 Å². The third-order valence-corrected chi connectivity index (χ3v) is 2.33. The zero-order chi connectivity index (χ0) is 9.84. The minimum absolute atomic E-state index is 0.0432. The Morgan fingerprint density at radius 3 is 2.92 bits per heavy atom. The summed E-state index contributed by atoms with van der Waals surface area (Å²) in [5.74, 6) is -0.383. The molecule has 0 aromatic rings. The molecule has 4 heteroatoms. The Bertz CT molecular complexity index is 225. The summed E-state index contributed by atoms with van der Waals surface area (Å²) >= 11 is 0. The number of rotatable bonds is 3. The molecule has 0 heterocycles. The third kappa shape index (κ3) is 2.15. The van der Waals surface area contributed by atoms with Crippen molar-refractivity contribution < 1.29 is 14.6 Å². The average Bonchev–Trinajstić information content (AvgIpc) is 2.18. The number of methoxy groups -OCH3 is 1. The van der Waals surface area contributed by atoms with Crippen LogP contribution < -0.4 is 5.73 Å². The Kier molecular flexibility index (Phi) is 3.59. The number of nitrogens with two attached hydrogens (primary N) is 1. The zero-order valence-corrected chi connectivity index (χ0v) is 7.69. The number of carbonyl (C=O) groups is 1. The number of ether oxygens (including phenoxy) is 1. The molecule has 0 saturated carbocycles. The molecule has 0 saturated heterocycles. The molecule has 2 atom stereocenters. The fraction of sp³-hybridized carbons (Fsp3) is 0.667. The van der Waals surface area contributed by atoms with Crippen molar-refractivity contribution in [3.63, 3.8) is 0 Å². The normalized spacial score (nSPS) is 28.8.